The molecule has 0 saturated carbocycles. The van der Waals surface area contributed by atoms with Crippen LogP contribution in [0.15, 0.2) is 36.4 Å². The van der Waals surface area contributed by atoms with Crippen molar-refractivity contribution in [3.05, 3.63) is 57.6 Å². The van der Waals surface area contributed by atoms with Crippen LogP contribution >= 0.6 is 23.2 Å². The Morgan fingerprint density at radius 2 is 1.83 bits per heavy atom. The van der Waals surface area contributed by atoms with Gasteiger partial charge in [0.2, 0.25) is 0 Å². The van der Waals surface area contributed by atoms with Gasteiger partial charge in [-0.1, -0.05) is 35.3 Å². The number of carbonyl (C=O) groups is 1. The molecule has 0 fully saturated rings. The molecule has 0 atom stereocenters. The quantitative estimate of drug-likeness (QED) is 0.552. The third-order valence-corrected chi connectivity index (χ3v) is 3.57. The molecule has 2 aromatic carbocycles. The molecule has 2 rings (SSSR count). The molecular formula is C15H14BCl2N2O3. The van der Waals surface area contributed by atoms with Crippen molar-refractivity contribution in [2.45, 2.75) is 6.54 Å². The molecule has 3 N–H and O–H groups in total. The molecule has 0 unspecified atom stereocenters. The van der Waals surface area contributed by atoms with Crippen molar-refractivity contribution in [2.24, 2.45) is 0 Å². The van der Waals surface area contributed by atoms with Crippen LogP contribution in [0.2, 0.25) is 10.0 Å². The molecule has 0 heterocycles. The summed E-state index contributed by atoms with van der Waals surface area (Å²) in [6.07, 6.45) is 0. The zero-order chi connectivity index (χ0) is 16.8. The number of hydrogen-bond donors (Lipinski definition) is 3. The Bertz CT molecular complexity index is 673. The number of amides is 1. The Morgan fingerprint density at radius 3 is 2.39 bits per heavy atom. The van der Waals surface area contributed by atoms with Gasteiger partial charge < -0.3 is 20.3 Å². The summed E-state index contributed by atoms with van der Waals surface area (Å²) in [5, 5.41) is 15.3. The van der Waals surface area contributed by atoms with Gasteiger partial charge in [0.1, 0.15) is 0 Å². The first-order chi connectivity index (χ1) is 11.0. The van der Waals surface area contributed by atoms with E-state index in [1.807, 2.05) is 12.1 Å². The summed E-state index contributed by atoms with van der Waals surface area (Å²) in [6, 6.07) is 10.0. The van der Waals surface area contributed by atoms with Crippen LogP contribution in [-0.2, 0) is 11.2 Å². The summed E-state index contributed by atoms with van der Waals surface area (Å²) in [4.78, 5) is 12.2. The maximum atomic E-state index is 12.2. The fourth-order valence-electron chi connectivity index (χ4n) is 1.85. The van der Waals surface area contributed by atoms with Gasteiger partial charge in [0.25, 0.3) is 5.91 Å². The van der Waals surface area contributed by atoms with E-state index in [0.29, 0.717) is 12.2 Å². The topological polar surface area (TPSA) is 70.6 Å². The number of phenols is 1. The van der Waals surface area contributed by atoms with Crippen LogP contribution in [-0.4, -0.2) is 25.7 Å². The predicted octanol–water partition coefficient (Wildman–Crippen LogP) is 3.22. The van der Waals surface area contributed by atoms with Crippen molar-refractivity contribution >= 4 is 42.4 Å². The lowest BCUT2D eigenvalue weighted by molar-refractivity contribution is 0.102. The molecule has 119 valence electrons. The Labute approximate surface area is 144 Å². The third kappa shape index (κ3) is 4.87. The maximum absolute atomic E-state index is 12.2. The van der Waals surface area contributed by atoms with E-state index in [0.717, 1.165) is 5.56 Å². The van der Waals surface area contributed by atoms with Gasteiger partial charge in [-0.05, 0) is 29.8 Å². The van der Waals surface area contributed by atoms with Gasteiger partial charge in [0, 0.05) is 24.9 Å². The lowest BCUT2D eigenvalue weighted by Gasteiger charge is -2.08. The Balaban J connectivity index is 2.03. The van der Waals surface area contributed by atoms with Crippen LogP contribution in [0.1, 0.15) is 15.9 Å². The standard InChI is InChI=1S/C15H14BCl2N2O3/c1-23-16-19-8-9-2-4-11(5-3-9)20-15(22)10-6-12(17)14(21)13(18)7-10/h2-7,19,21H,8H2,1H3,(H,20,22). The minimum atomic E-state index is -0.368. The number of hydrogen-bond acceptors (Lipinski definition) is 4. The van der Waals surface area contributed by atoms with Crippen molar-refractivity contribution in [2.75, 3.05) is 12.4 Å². The second kappa shape index (κ2) is 8.22. The van der Waals surface area contributed by atoms with Crippen LogP contribution in [0.5, 0.6) is 5.75 Å². The molecule has 1 amide bonds. The normalized spacial score (nSPS) is 10.4. The molecule has 5 nitrogen and oxygen atoms in total. The second-order valence-electron chi connectivity index (χ2n) is 4.67. The average Bonchev–Trinajstić information content (AvgIpc) is 2.54. The number of rotatable bonds is 6. The molecule has 8 heteroatoms. The highest BCUT2D eigenvalue weighted by Gasteiger charge is 2.12. The lowest BCUT2D eigenvalue weighted by atomic mass is 10.1. The first-order valence-corrected chi connectivity index (χ1v) is 7.43. The molecule has 0 aliphatic heterocycles. The highest BCUT2D eigenvalue weighted by molar-refractivity contribution is 6.37. The fourth-order valence-corrected chi connectivity index (χ4v) is 2.34. The summed E-state index contributed by atoms with van der Waals surface area (Å²) < 4.78 is 4.78. The highest BCUT2D eigenvalue weighted by atomic mass is 35.5. The Kier molecular flexibility index (Phi) is 6.30. The lowest BCUT2D eigenvalue weighted by Crippen LogP contribution is -2.20. The van der Waals surface area contributed by atoms with Crippen molar-refractivity contribution in [3.8, 4) is 5.75 Å². The molecule has 0 aliphatic carbocycles. The van der Waals surface area contributed by atoms with Crippen LogP contribution in [0, 0.1) is 0 Å². The zero-order valence-corrected chi connectivity index (χ0v) is 13.8. The van der Waals surface area contributed by atoms with E-state index >= 15 is 0 Å². The van der Waals surface area contributed by atoms with Crippen LogP contribution in [0.4, 0.5) is 5.69 Å². The monoisotopic (exact) mass is 351 g/mol. The number of nitrogens with one attached hydrogen (secondary N) is 2. The van der Waals surface area contributed by atoms with E-state index in [4.69, 9.17) is 27.9 Å². The fraction of sp³-hybridized carbons (Fsp3) is 0.133. The first-order valence-electron chi connectivity index (χ1n) is 6.67. The minimum absolute atomic E-state index is 0.0264. The molecule has 23 heavy (non-hydrogen) atoms. The molecule has 0 bridgehead atoms. The average molecular weight is 352 g/mol. The highest BCUT2D eigenvalue weighted by Crippen LogP contribution is 2.32. The number of phenolic OH excluding ortho intramolecular Hbond substituents is 1. The largest absolute Gasteiger partial charge is 0.505 e. The van der Waals surface area contributed by atoms with Gasteiger partial charge in [-0.2, -0.15) is 0 Å². The van der Waals surface area contributed by atoms with E-state index in [1.54, 1.807) is 19.2 Å². The zero-order valence-electron chi connectivity index (χ0n) is 12.3. The SMILES string of the molecule is CO[B]NCc1ccc(NC(=O)c2cc(Cl)c(O)c(Cl)c2)cc1. The molecule has 1 radical (unpaired) electrons. The molecule has 0 aliphatic rings. The van der Waals surface area contributed by atoms with Crippen molar-refractivity contribution in [1.82, 2.24) is 5.23 Å². The van der Waals surface area contributed by atoms with Gasteiger partial charge in [-0.15, -0.1) is 0 Å². The molecular weight excluding hydrogens is 338 g/mol. The van der Waals surface area contributed by atoms with Gasteiger partial charge in [0.15, 0.2) is 5.75 Å². The van der Waals surface area contributed by atoms with Crippen LogP contribution in [0.3, 0.4) is 0 Å². The number of anilines is 1. The number of halogens is 2. The van der Waals surface area contributed by atoms with Crippen molar-refractivity contribution in [1.29, 1.82) is 0 Å². The Hall–Kier alpha value is -1.73. The number of carbonyl (C=O) groups excluding carboxylic acids is 1. The maximum Gasteiger partial charge on any atom is 0.395 e. The first kappa shape index (κ1) is 17.6. The van der Waals surface area contributed by atoms with E-state index in [9.17, 15) is 9.90 Å². The van der Waals surface area contributed by atoms with E-state index in [1.165, 1.54) is 19.7 Å². The smallest absolute Gasteiger partial charge is 0.395 e. The molecule has 0 spiro atoms. The number of benzene rings is 2. The van der Waals surface area contributed by atoms with E-state index in [-0.39, 0.29) is 27.3 Å². The van der Waals surface area contributed by atoms with Gasteiger partial charge >= 0.3 is 7.62 Å². The molecule has 0 aromatic heterocycles. The second-order valence-corrected chi connectivity index (χ2v) is 5.49. The summed E-state index contributed by atoms with van der Waals surface area (Å²) in [5.74, 6) is -0.609. The van der Waals surface area contributed by atoms with Gasteiger partial charge in [0.05, 0.1) is 10.0 Å². The summed E-state index contributed by atoms with van der Waals surface area (Å²) in [7, 11) is 3.06. The van der Waals surface area contributed by atoms with Crippen molar-refractivity contribution in [3.63, 3.8) is 0 Å². The van der Waals surface area contributed by atoms with Crippen molar-refractivity contribution < 1.29 is 14.6 Å². The Morgan fingerprint density at radius 1 is 1.22 bits per heavy atom. The summed E-state index contributed by atoms with van der Waals surface area (Å²) in [6.45, 7) is 0.616. The third-order valence-electron chi connectivity index (χ3n) is 3.00. The van der Waals surface area contributed by atoms with Gasteiger partial charge in [-0.25, -0.2) is 0 Å². The predicted molar refractivity (Wildman–Crippen MR) is 92.1 cm³/mol. The van der Waals surface area contributed by atoms with Crippen LogP contribution < -0.4 is 10.5 Å². The van der Waals surface area contributed by atoms with Gasteiger partial charge in [-0.3, -0.25) is 4.79 Å². The number of aromatic hydroxyl groups is 1. The van der Waals surface area contributed by atoms with Crippen LogP contribution in [0.25, 0.3) is 0 Å². The summed E-state index contributed by atoms with van der Waals surface area (Å²) >= 11 is 11.6. The van der Waals surface area contributed by atoms with E-state index in [2.05, 4.69) is 10.5 Å². The summed E-state index contributed by atoms with van der Waals surface area (Å²) in [5.41, 5.74) is 1.93. The minimum Gasteiger partial charge on any atom is -0.505 e. The molecule has 2 aromatic rings. The van der Waals surface area contributed by atoms with E-state index < -0.39 is 0 Å². The molecule has 0 saturated heterocycles.